The van der Waals surface area contributed by atoms with Crippen molar-refractivity contribution >= 4 is 20.3 Å². The molecule has 0 saturated carbocycles. The van der Waals surface area contributed by atoms with Gasteiger partial charge in [-0.05, 0) is 24.8 Å². The third kappa shape index (κ3) is 12.1. The number of thioether (sulfide) groups is 1. The summed E-state index contributed by atoms with van der Waals surface area (Å²) in [6.07, 6.45) is 1.13. The molecule has 20 heavy (non-hydrogen) atoms. The van der Waals surface area contributed by atoms with Gasteiger partial charge in [0, 0.05) is 27.1 Å². The Kier molecular flexibility index (Phi) is 14.6. The van der Waals surface area contributed by atoms with Crippen molar-refractivity contribution in [1.29, 1.82) is 0 Å². The first-order valence-electron chi connectivity index (χ1n) is 7.01. The van der Waals surface area contributed by atoms with E-state index >= 15 is 0 Å². The predicted molar refractivity (Wildman–Crippen MR) is 85.9 cm³/mol. The average molecular weight is 327 g/mol. The SMILES string of the molecule is COCCOCCOCCSCCC[Si](C)(OC)OC. The molecule has 0 aromatic heterocycles. The second kappa shape index (κ2) is 14.3. The number of rotatable bonds is 15. The highest BCUT2D eigenvalue weighted by Crippen LogP contribution is 2.16. The average Bonchev–Trinajstić information content (AvgIpc) is 2.48. The van der Waals surface area contributed by atoms with Gasteiger partial charge in [0.2, 0.25) is 0 Å². The highest BCUT2D eigenvalue weighted by molar-refractivity contribution is 7.99. The molecule has 0 heterocycles. The molecule has 5 nitrogen and oxygen atoms in total. The Labute approximate surface area is 128 Å². The van der Waals surface area contributed by atoms with Gasteiger partial charge in [0.05, 0.1) is 33.0 Å². The quantitative estimate of drug-likeness (QED) is 0.339. The fourth-order valence-corrected chi connectivity index (χ4v) is 3.91. The number of hydrogen-bond donors (Lipinski definition) is 0. The van der Waals surface area contributed by atoms with Crippen LogP contribution in [0.25, 0.3) is 0 Å². The summed E-state index contributed by atoms with van der Waals surface area (Å²) in [5.74, 6) is 2.15. The molecule has 0 aliphatic heterocycles. The molecular formula is C13H30O5SSi. The molecule has 0 atom stereocenters. The third-order valence-corrected chi connectivity index (χ3v) is 6.98. The molecule has 122 valence electrons. The highest BCUT2D eigenvalue weighted by atomic mass is 32.2. The lowest BCUT2D eigenvalue weighted by Gasteiger charge is -2.22. The maximum absolute atomic E-state index is 5.48. The zero-order valence-electron chi connectivity index (χ0n) is 13.3. The van der Waals surface area contributed by atoms with Crippen molar-refractivity contribution in [3.8, 4) is 0 Å². The van der Waals surface area contributed by atoms with Crippen molar-refractivity contribution in [2.75, 3.05) is 65.9 Å². The molecule has 0 unspecified atom stereocenters. The standard InChI is InChI=1S/C13H30O5SSi/c1-14-6-7-17-8-9-18-10-12-19-11-5-13-20(4,15-2)16-3/h5-13H2,1-4H3. The molecule has 0 rings (SSSR count). The van der Waals surface area contributed by atoms with E-state index in [-0.39, 0.29) is 0 Å². The first-order valence-corrected chi connectivity index (χ1v) is 10.7. The van der Waals surface area contributed by atoms with Crippen LogP contribution in [0.4, 0.5) is 0 Å². The van der Waals surface area contributed by atoms with Crippen LogP contribution >= 0.6 is 11.8 Å². The molecule has 0 aliphatic rings. The molecule has 0 aromatic rings. The van der Waals surface area contributed by atoms with Crippen molar-refractivity contribution in [2.45, 2.75) is 19.0 Å². The lowest BCUT2D eigenvalue weighted by Crippen LogP contribution is -2.35. The van der Waals surface area contributed by atoms with Crippen LogP contribution < -0.4 is 0 Å². The van der Waals surface area contributed by atoms with Crippen LogP contribution in [0, 0.1) is 0 Å². The minimum absolute atomic E-state index is 0.635. The van der Waals surface area contributed by atoms with E-state index in [1.807, 2.05) is 11.8 Å². The first kappa shape index (κ1) is 20.4. The van der Waals surface area contributed by atoms with Crippen molar-refractivity contribution < 1.29 is 23.1 Å². The first-order chi connectivity index (χ1) is 9.68. The summed E-state index contributed by atoms with van der Waals surface area (Å²) in [4.78, 5) is 0. The molecule has 0 fully saturated rings. The van der Waals surface area contributed by atoms with Gasteiger partial charge in [-0.1, -0.05) is 0 Å². The summed E-state index contributed by atoms with van der Waals surface area (Å²) in [6, 6.07) is 1.04. The second-order valence-electron chi connectivity index (χ2n) is 4.48. The summed E-state index contributed by atoms with van der Waals surface area (Å²) in [6.45, 7) is 5.45. The van der Waals surface area contributed by atoms with Crippen LogP contribution in [0.15, 0.2) is 0 Å². The van der Waals surface area contributed by atoms with E-state index in [0.29, 0.717) is 26.4 Å². The Morgan fingerprint density at radius 2 is 1.40 bits per heavy atom. The lowest BCUT2D eigenvalue weighted by molar-refractivity contribution is 0.0286. The van der Waals surface area contributed by atoms with Crippen molar-refractivity contribution in [3.63, 3.8) is 0 Å². The summed E-state index contributed by atoms with van der Waals surface area (Å²) < 4.78 is 26.6. The van der Waals surface area contributed by atoms with E-state index < -0.39 is 8.56 Å². The van der Waals surface area contributed by atoms with Gasteiger partial charge in [0.1, 0.15) is 0 Å². The van der Waals surface area contributed by atoms with Gasteiger partial charge in [-0.3, -0.25) is 0 Å². The van der Waals surface area contributed by atoms with Crippen LogP contribution in [0.5, 0.6) is 0 Å². The third-order valence-electron chi connectivity index (χ3n) is 2.96. The predicted octanol–water partition coefficient (Wildman–Crippen LogP) is 2.15. The van der Waals surface area contributed by atoms with Crippen molar-refractivity contribution in [2.24, 2.45) is 0 Å². The van der Waals surface area contributed by atoms with E-state index in [1.165, 1.54) is 0 Å². The molecular weight excluding hydrogens is 296 g/mol. The van der Waals surface area contributed by atoms with Crippen LogP contribution in [-0.2, 0) is 23.1 Å². The second-order valence-corrected chi connectivity index (χ2v) is 9.28. The van der Waals surface area contributed by atoms with E-state index in [0.717, 1.165) is 30.6 Å². The monoisotopic (exact) mass is 326 g/mol. The number of hydrogen-bond acceptors (Lipinski definition) is 6. The highest BCUT2D eigenvalue weighted by Gasteiger charge is 2.27. The number of methoxy groups -OCH3 is 1. The molecule has 7 heteroatoms. The van der Waals surface area contributed by atoms with Crippen molar-refractivity contribution in [1.82, 2.24) is 0 Å². The fraction of sp³-hybridized carbons (Fsp3) is 1.00. The summed E-state index contributed by atoms with van der Waals surface area (Å²) in [5, 5.41) is 0. The van der Waals surface area contributed by atoms with Gasteiger partial charge in [-0.2, -0.15) is 11.8 Å². The summed E-state index contributed by atoms with van der Waals surface area (Å²) >= 11 is 1.91. The van der Waals surface area contributed by atoms with E-state index in [2.05, 4.69) is 6.55 Å². The largest absolute Gasteiger partial charge is 0.398 e. The van der Waals surface area contributed by atoms with E-state index in [9.17, 15) is 0 Å². The van der Waals surface area contributed by atoms with Gasteiger partial charge in [-0.15, -0.1) is 0 Å². The van der Waals surface area contributed by atoms with Crippen LogP contribution in [0.2, 0.25) is 12.6 Å². The minimum atomic E-state index is -1.87. The van der Waals surface area contributed by atoms with Crippen molar-refractivity contribution in [3.05, 3.63) is 0 Å². The zero-order chi connectivity index (χ0) is 15.1. The molecule has 0 saturated heterocycles. The molecule has 0 aliphatic carbocycles. The maximum Gasteiger partial charge on any atom is 0.334 e. The Bertz CT molecular complexity index is 205. The van der Waals surface area contributed by atoms with Crippen LogP contribution in [-0.4, -0.2) is 74.4 Å². The molecule has 0 radical (unpaired) electrons. The zero-order valence-corrected chi connectivity index (χ0v) is 15.1. The number of ether oxygens (including phenoxy) is 3. The van der Waals surface area contributed by atoms with Gasteiger partial charge >= 0.3 is 8.56 Å². The molecule has 0 amide bonds. The smallest absolute Gasteiger partial charge is 0.334 e. The van der Waals surface area contributed by atoms with E-state index in [4.69, 9.17) is 23.1 Å². The van der Waals surface area contributed by atoms with E-state index in [1.54, 1.807) is 21.3 Å². The summed E-state index contributed by atoms with van der Waals surface area (Å²) in [5.41, 5.74) is 0. The maximum atomic E-state index is 5.48. The lowest BCUT2D eigenvalue weighted by atomic mass is 10.6. The Balaban J connectivity index is 3.17. The Hall–Kier alpha value is 0.367. The molecule has 0 bridgehead atoms. The van der Waals surface area contributed by atoms with Gasteiger partial charge in [-0.25, -0.2) is 0 Å². The summed E-state index contributed by atoms with van der Waals surface area (Å²) in [7, 11) is 3.29. The molecule has 0 N–H and O–H groups in total. The Morgan fingerprint density at radius 1 is 0.800 bits per heavy atom. The topological polar surface area (TPSA) is 46.2 Å². The molecule has 0 aromatic carbocycles. The van der Waals surface area contributed by atoms with Gasteiger partial charge < -0.3 is 23.1 Å². The van der Waals surface area contributed by atoms with Gasteiger partial charge in [0.25, 0.3) is 0 Å². The fourth-order valence-electron chi connectivity index (χ4n) is 1.47. The van der Waals surface area contributed by atoms with Gasteiger partial charge in [0.15, 0.2) is 0 Å². The van der Waals surface area contributed by atoms with Crippen LogP contribution in [0.1, 0.15) is 6.42 Å². The minimum Gasteiger partial charge on any atom is -0.398 e. The van der Waals surface area contributed by atoms with Crippen LogP contribution in [0.3, 0.4) is 0 Å². The Morgan fingerprint density at radius 3 is 2.00 bits per heavy atom. The normalized spacial score (nSPS) is 12.0. The molecule has 0 spiro atoms.